The molecule has 0 spiro atoms. The molecule has 1 amide bonds. The van der Waals surface area contributed by atoms with E-state index in [2.05, 4.69) is 15.5 Å². The topological polar surface area (TPSA) is 95.2 Å². The van der Waals surface area contributed by atoms with E-state index in [1.165, 1.54) is 11.2 Å². The largest absolute Gasteiger partial charge is 0.311 e. The van der Waals surface area contributed by atoms with Crippen LogP contribution in [0.4, 0.5) is 5.82 Å². The Balaban J connectivity index is 1.80. The van der Waals surface area contributed by atoms with Gasteiger partial charge in [0.1, 0.15) is 5.82 Å². The number of hydrogen-bond donors (Lipinski definition) is 2. The number of rotatable bonds is 4. The zero-order valence-electron chi connectivity index (χ0n) is 12.7. The van der Waals surface area contributed by atoms with E-state index in [4.69, 9.17) is 0 Å². The van der Waals surface area contributed by atoms with Crippen molar-refractivity contribution in [3.05, 3.63) is 47.2 Å². The van der Waals surface area contributed by atoms with Crippen molar-refractivity contribution in [1.29, 1.82) is 0 Å². The van der Waals surface area contributed by atoms with Crippen LogP contribution in [0.5, 0.6) is 0 Å². The summed E-state index contributed by atoms with van der Waals surface area (Å²) in [5, 5.41) is 9.57. The Bertz CT molecular complexity index is 815. The van der Waals surface area contributed by atoms with Crippen LogP contribution < -0.4 is 5.32 Å². The molecule has 0 radical (unpaired) electrons. The van der Waals surface area contributed by atoms with Crippen LogP contribution in [0.15, 0.2) is 30.3 Å². The van der Waals surface area contributed by atoms with Crippen molar-refractivity contribution in [3.8, 4) is 0 Å². The molecule has 2 heterocycles. The molecular weight excluding hydrogens is 316 g/mol. The van der Waals surface area contributed by atoms with E-state index in [1.807, 2.05) is 18.2 Å². The number of aromatic nitrogens is 2. The normalized spacial score (nSPS) is 15.2. The number of benzene rings is 1. The number of H-pyrrole nitrogens is 1. The van der Waals surface area contributed by atoms with Gasteiger partial charge in [-0.15, -0.1) is 0 Å². The van der Waals surface area contributed by atoms with Gasteiger partial charge in [0, 0.05) is 32.0 Å². The summed E-state index contributed by atoms with van der Waals surface area (Å²) in [7, 11) is -3.42. The van der Waals surface area contributed by atoms with Gasteiger partial charge in [-0.1, -0.05) is 30.3 Å². The van der Waals surface area contributed by atoms with Crippen molar-refractivity contribution in [1.82, 2.24) is 14.5 Å². The lowest BCUT2D eigenvalue weighted by Crippen LogP contribution is -2.36. The molecular formula is C15H18N4O3S. The fraction of sp³-hybridized carbons (Fsp3) is 0.333. The Morgan fingerprint density at radius 1 is 1.35 bits per heavy atom. The highest BCUT2D eigenvalue weighted by atomic mass is 32.2. The summed E-state index contributed by atoms with van der Waals surface area (Å²) in [6.45, 7) is 2.02. The fourth-order valence-corrected chi connectivity index (χ4v) is 4.15. The highest BCUT2D eigenvalue weighted by molar-refractivity contribution is 7.88. The van der Waals surface area contributed by atoms with Crippen molar-refractivity contribution in [2.75, 3.05) is 11.9 Å². The lowest BCUT2D eigenvalue weighted by molar-refractivity contribution is -0.114. The van der Waals surface area contributed by atoms with Crippen molar-refractivity contribution in [2.45, 2.75) is 25.6 Å². The van der Waals surface area contributed by atoms with E-state index >= 15 is 0 Å². The smallest absolute Gasteiger partial charge is 0.222 e. The number of nitrogens with one attached hydrogen (secondary N) is 2. The number of carbonyl (C=O) groups excluding carboxylic acids is 1. The fourth-order valence-electron chi connectivity index (χ4n) is 2.66. The molecule has 1 aromatic carbocycles. The zero-order valence-corrected chi connectivity index (χ0v) is 13.6. The molecule has 1 aromatic heterocycles. The molecule has 122 valence electrons. The van der Waals surface area contributed by atoms with Gasteiger partial charge in [0.05, 0.1) is 11.4 Å². The third-order valence-electron chi connectivity index (χ3n) is 3.77. The number of sulfonamides is 1. The summed E-state index contributed by atoms with van der Waals surface area (Å²) in [6.07, 6.45) is 0.527. The lowest BCUT2D eigenvalue weighted by atomic mass is 10.1. The molecule has 0 saturated heterocycles. The van der Waals surface area contributed by atoms with Crippen molar-refractivity contribution in [3.63, 3.8) is 0 Å². The molecule has 1 aliphatic rings. The van der Waals surface area contributed by atoms with E-state index < -0.39 is 10.0 Å². The van der Waals surface area contributed by atoms with E-state index in [0.717, 1.165) is 16.8 Å². The first kappa shape index (κ1) is 15.7. The highest BCUT2D eigenvalue weighted by Gasteiger charge is 2.30. The van der Waals surface area contributed by atoms with Gasteiger partial charge in [0.25, 0.3) is 0 Å². The third-order valence-corrected chi connectivity index (χ3v) is 5.57. The Morgan fingerprint density at radius 2 is 2.09 bits per heavy atom. The molecule has 0 aliphatic carbocycles. The number of hydrogen-bond acceptors (Lipinski definition) is 4. The minimum Gasteiger partial charge on any atom is -0.311 e. The summed E-state index contributed by atoms with van der Waals surface area (Å²) in [5.74, 6) is 0.226. The SMILES string of the molecule is CC(=O)Nc1[nH]nc2c1CN(S(=O)(=O)Cc1ccccc1)CC2. The Hall–Kier alpha value is -2.19. The lowest BCUT2D eigenvalue weighted by Gasteiger charge is -2.26. The van der Waals surface area contributed by atoms with Crippen LogP contribution in [-0.2, 0) is 33.5 Å². The predicted molar refractivity (Wildman–Crippen MR) is 86.1 cm³/mol. The minimum atomic E-state index is -3.42. The average Bonchev–Trinajstić information content (AvgIpc) is 2.89. The zero-order chi connectivity index (χ0) is 16.4. The standard InChI is InChI=1S/C15H18N4O3S/c1-11(20)16-15-13-9-19(8-7-14(13)17-18-15)23(21,22)10-12-5-3-2-4-6-12/h2-6H,7-10H2,1H3,(H2,16,17,18,20). The maximum absolute atomic E-state index is 12.6. The Morgan fingerprint density at radius 3 is 2.78 bits per heavy atom. The molecule has 2 aromatic rings. The van der Waals surface area contributed by atoms with Crippen molar-refractivity contribution < 1.29 is 13.2 Å². The summed E-state index contributed by atoms with van der Waals surface area (Å²) < 4.78 is 26.7. The monoisotopic (exact) mass is 334 g/mol. The highest BCUT2D eigenvalue weighted by Crippen LogP contribution is 2.26. The Kier molecular flexibility index (Phi) is 4.18. The predicted octanol–water partition coefficient (Wildman–Crippen LogP) is 1.26. The van der Waals surface area contributed by atoms with Crippen LogP contribution in [0, 0.1) is 0 Å². The quantitative estimate of drug-likeness (QED) is 0.880. The van der Waals surface area contributed by atoms with Gasteiger partial charge in [-0.05, 0) is 5.56 Å². The van der Waals surface area contributed by atoms with Crippen molar-refractivity contribution >= 4 is 21.7 Å². The number of nitrogens with zero attached hydrogens (tertiary/aromatic N) is 2. The molecule has 2 N–H and O–H groups in total. The van der Waals surface area contributed by atoms with Gasteiger partial charge in [0.15, 0.2) is 0 Å². The second-order valence-corrected chi connectivity index (χ2v) is 7.50. The Labute approximate surface area is 134 Å². The van der Waals surface area contributed by atoms with Gasteiger partial charge in [0.2, 0.25) is 15.9 Å². The minimum absolute atomic E-state index is 0.0313. The number of aromatic amines is 1. The van der Waals surface area contributed by atoms with Crippen molar-refractivity contribution in [2.24, 2.45) is 0 Å². The second-order valence-electron chi connectivity index (χ2n) is 5.53. The van der Waals surface area contributed by atoms with E-state index in [0.29, 0.717) is 18.8 Å². The second kappa shape index (κ2) is 6.13. The summed E-state index contributed by atoms with van der Waals surface area (Å²) in [5.41, 5.74) is 2.30. The average molecular weight is 334 g/mol. The van der Waals surface area contributed by atoms with Crippen LogP contribution in [0.25, 0.3) is 0 Å². The first-order valence-corrected chi connectivity index (χ1v) is 8.92. The molecule has 0 unspecified atom stereocenters. The first-order valence-electron chi connectivity index (χ1n) is 7.31. The van der Waals surface area contributed by atoms with Crippen LogP contribution in [0.1, 0.15) is 23.7 Å². The molecule has 8 heteroatoms. The van der Waals surface area contributed by atoms with Crippen LogP contribution in [-0.4, -0.2) is 35.4 Å². The van der Waals surface area contributed by atoms with Gasteiger partial charge in [-0.3, -0.25) is 9.89 Å². The summed E-state index contributed by atoms with van der Waals surface area (Å²) in [6, 6.07) is 9.10. The number of carbonyl (C=O) groups is 1. The number of anilines is 1. The van der Waals surface area contributed by atoms with Gasteiger partial charge < -0.3 is 5.32 Å². The van der Waals surface area contributed by atoms with Gasteiger partial charge in [-0.25, -0.2) is 8.42 Å². The summed E-state index contributed by atoms with van der Waals surface area (Å²) in [4.78, 5) is 11.2. The molecule has 3 rings (SSSR count). The van der Waals surface area contributed by atoms with E-state index in [9.17, 15) is 13.2 Å². The van der Waals surface area contributed by atoms with Gasteiger partial charge >= 0.3 is 0 Å². The molecule has 0 bridgehead atoms. The molecule has 1 aliphatic heterocycles. The van der Waals surface area contributed by atoms with Crippen LogP contribution >= 0.6 is 0 Å². The number of amides is 1. The van der Waals surface area contributed by atoms with E-state index in [1.54, 1.807) is 12.1 Å². The summed E-state index contributed by atoms with van der Waals surface area (Å²) >= 11 is 0. The molecule has 0 fully saturated rings. The number of fused-ring (bicyclic) bond motifs is 1. The van der Waals surface area contributed by atoms with Crippen LogP contribution in [0.2, 0.25) is 0 Å². The molecule has 0 atom stereocenters. The third kappa shape index (κ3) is 3.43. The van der Waals surface area contributed by atoms with Gasteiger partial charge in [-0.2, -0.15) is 9.40 Å². The maximum Gasteiger partial charge on any atom is 0.222 e. The maximum atomic E-state index is 12.6. The van der Waals surface area contributed by atoms with Crippen LogP contribution in [0.3, 0.4) is 0 Å². The molecule has 23 heavy (non-hydrogen) atoms. The molecule has 0 saturated carbocycles. The molecule has 7 nitrogen and oxygen atoms in total. The van der Waals surface area contributed by atoms with E-state index in [-0.39, 0.29) is 18.2 Å². The first-order chi connectivity index (χ1) is 11.0.